The van der Waals surface area contributed by atoms with E-state index in [9.17, 15) is 44.7 Å². The highest BCUT2D eigenvalue weighted by Crippen LogP contribution is 2.25. The van der Waals surface area contributed by atoms with Gasteiger partial charge in [-0.15, -0.1) is 0 Å². The number of aliphatic carboxylic acids is 2. The Morgan fingerprint density at radius 1 is 0.589 bits per heavy atom. The molecule has 0 radical (unpaired) electrons. The third-order valence-electron chi connectivity index (χ3n) is 11.0. The second-order valence-corrected chi connectivity index (χ2v) is 16.1. The van der Waals surface area contributed by atoms with Gasteiger partial charge in [-0.25, -0.2) is 4.79 Å². The van der Waals surface area contributed by atoms with Gasteiger partial charge in [-0.05, 0) is 19.8 Å². The predicted molar refractivity (Wildman–Crippen MR) is 217 cm³/mol. The van der Waals surface area contributed by atoms with Crippen molar-refractivity contribution >= 4 is 23.8 Å². The Morgan fingerprint density at radius 2 is 0.982 bits per heavy atom. The maximum atomic E-state index is 13.9. The first-order valence-corrected chi connectivity index (χ1v) is 22.3. The van der Waals surface area contributed by atoms with E-state index in [1.807, 2.05) is 0 Å². The van der Waals surface area contributed by atoms with Crippen molar-refractivity contribution in [2.24, 2.45) is 5.92 Å². The van der Waals surface area contributed by atoms with E-state index >= 15 is 0 Å². The summed E-state index contributed by atoms with van der Waals surface area (Å²) < 4.78 is 11.1. The Kier molecular flexibility index (Phi) is 30.1. The maximum Gasteiger partial charge on any atom is 0.326 e. The van der Waals surface area contributed by atoms with Gasteiger partial charge in [-0.3, -0.25) is 14.4 Å². The van der Waals surface area contributed by atoms with E-state index in [0.29, 0.717) is 12.8 Å². The Labute approximate surface area is 337 Å². The number of hydrogen-bond donors (Lipinski definition) is 7. The molecule has 2 amide bonds. The zero-order chi connectivity index (χ0) is 41.6. The van der Waals surface area contributed by atoms with E-state index < -0.39 is 79.6 Å². The van der Waals surface area contributed by atoms with Crippen LogP contribution in [0.1, 0.15) is 194 Å². The molecule has 1 aliphatic heterocycles. The quantitative estimate of drug-likeness (QED) is 0.0313. The molecule has 0 saturated carbocycles. The molecule has 1 fully saturated rings. The lowest BCUT2D eigenvalue weighted by atomic mass is 9.93. The summed E-state index contributed by atoms with van der Waals surface area (Å²) in [6.45, 7) is 5.27. The lowest BCUT2D eigenvalue weighted by Gasteiger charge is -2.25. The van der Waals surface area contributed by atoms with Gasteiger partial charge < -0.3 is 45.6 Å². The zero-order valence-electron chi connectivity index (χ0n) is 35.1. The molecule has 7 N–H and O–H groups in total. The van der Waals surface area contributed by atoms with Crippen molar-refractivity contribution in [3.63, 3.8) is 0 Å². The molecular formula is C43H80N2O11. The number of amides is 2. The number of carbonyl (C=O) groups excluding carboxylic acids is 2. The number of carbonyl (C=O) groups is 4. The molecule has 0 aromatic heterocycles. The topological polar surface area (TPSA) is 212 Å². The fraction of sp³-hybridized carbons (Fsp3) is 0.907. The van der Waals surface area contributed by atoms with Gasteiger partial charge in [0.25, 0.3) is 0 Å². The van der Waals surface area contributed by atoms with Crippen LogP contribution in [0.4, 0.5) is 0 Å². The van der Waals surface area contributed by atoms with Crippen molar-refractivity contribution < 1.29 is 54.2 Å². The first kappa shape index (κ1) is 51.7. The van der Waals surface area contributed by atoms with E-state index in [1.54, 1.807) is 0 Å². The highest BCUT2D eigenvalue weighted by molar-refractivity contribution is 5.92. The highest BCUT2D eigenvalue weighted by Gasteiger charge is 2.46. The van der Waals surface area contributed by atoms with Crippen LogP contribution < -0.4 is 10.6 Å². The van der Waals surface area contributed by atoms with Crippen LogP contribution >= 0.6 is 0 Å². The largest absolute Gasteiger partial charge is 0.481 e. The maximum absolute atomic E-state index is 13.9. The number of aliphatic hydroxyl groups excluding tert-OH is 3. The first-order chi connectivity index (χ1) is 26.9. The van der Waals surface area contributed by atoms with Gasteiger partial charge in [0.1, 0.15) is 30.4 Å². The summed E-state index contributed by atoms with van der Waals surface area (Å²) in [7, 11) is 0. The van der Waals surface area contributed by atoms with Gasteiger partial charge in [-0.1, -0.05) is 168 Å². The summed E-state index contributed by atoms with van der Waals surface area (Å²) >= 11 is 0. The van der Waals surface area contributed by atoms with Crippen LogP contribution in [-0.2, 0) is 28.7 Å². The molecule has 0 aliphatic carbocycles. The molecule has 0 aromatic rings. The lowest BCUT2D eigenvalue weighted by Crippen LogP contribution is -2.55. The summed E-state index contributed by atoms with van der Waals surface area (Å²) in [4.78, 5) is 50.3. The molecule has 0 aromatic carbocycles. The minimum atomic E-state index is -1.76. The Balaban J connectivity index is 2.86. The van der Waals surface area contributed by atoms with Crippen LogP contribution in [0, 0.1) is 5.92 Å². The van der Waals surface area contributed by atoms with Crippen molar-refractivity contribution in [3.05, 3.63) is 0 Å². The SMILES string of the molecule is CCCCCCCCCCCCCCC(CCCCCCCCCCCCCC)C(=O)N[C@@H](COC1O[C@H]([C@H](C)O)[C@@H](O)[C@@H]1O)C(=O)N[C@@H](CC(=O)O)C(=O)O. The molecule has 0 spiro atoms. The summed E-state index contributed by atoms with van der Waals surface area (Å²) in [5.74, 6) is -4.75. The van der Waals surface area contributed by atoms with Crippen molar-refractivity contribution in [1.82, 2.24) is 10.6 Å². The molecule has 1 unspecified atom stereocenters. The predicted octanol–water partition coefficient (Wildman–Crippen LogP) is 7.16. The van der Waals surface area contributed by atoms with E-state index in [2.05, 4.69) is 24.5 Å². The molecule has 7 atom stereocenters. The molecular weight excluding hydrogens is 720 g/mol. The molecule has 13 nitrogen and oxygen atoms in total. The third kappa shape index (κ3) is 23.8. The smallest absolute Gasteiger partial charge is 0.326 e. The number of hydrogen-bond acceptors (Lipinski definition) is 9. The second-order valence-electron chi connectivity index (χ2n) is 16.1. The summed E-state index contributed by atoms with van der Waals surface area (Å²) in [6.07, 6.45) is 22.3. The minimum absolute atomic E-state index is 0.389. The number of carboxylic acid groups (broad SMARTS) is 2. The van der Waals surface area contributed by atoms with Crippen LogP contribution in [0.5, 0.6) is 0 Å². The van der Waals surface area contributed by atoms with Gasteiger partial charge in [0.15, 0.2) is 6.29 Å². The average molecular weight is 801 g/mol. The number of rotatable bonds is 37. The van der Waals surface area contributed by atoms with Crippen LogP contribution in [0.25, 0.3) is 0 Å². The molecule has 1 saturated heterocycles. The van der Waals surface area contributed by atoms with Gasteiger partial charge >= 0.3 is 11.9 Å². The summed E-state index contributed by atoms with van der Waals surface area (Å²) in [5.41, 5.74) is 0. The average Bonchev–Trinajstić information content (AvgIpc) is 3.44. The third-order valence-corrected chi connectivity index (χ3v) is 11.0. The molecule has 1 aliphatic rings. The number of carboxylic acids is 2. The first-order valence-electron chi connectivity index (χ1n) is 22.3. The van der Waals surface area contributed by atoms with Crippen LogP contribution in [0.15, 0.2) is 0 Å². The van der Waals surface area contributed by atoms with Gasteiger partial charge in [0.05, 0.1) is 19.1 Å². The standard InChI is InChI=1S/C43H80N2O11/c1-4-6-8-10-12-14-16-18-20-22-24-26-28-33(29-27-25-23-21-19-17-15-13-11-9-7-5-2)40(51)45-35(41(52)44-34(42(53)54)30-36(47)48)31-55-43-38(50)37(49)39(56-43)32(3)46/h32-35,37-39,43,46,49-50H,4-31H2,1-3H3,(H,44,52)(H,45,51)(H,47,48)(H,53,54)/t32-,34-,35-,37-,38-,39+,43?/m0/s1. The fourth-order valence-corrected chi connectivity index (χ4v) is 7.39. The fourth-order valence-electron chi connectivity index (χ4n) is 7.39. The Morgan fingerprint density at radius 3 is 1.34 bits per heavy atom. The van der Waals surface area contributed by atoms with Crippen molar-refractivity contribution in [1.29, 1.82) is 0 Å². The molecule has 0 bridgehead atoms. The Bertz CT molecular complexity index is 1020. The van der Waals surface area contributed by atoms with Crippen molar-refractivity contribution in [2.45, 2.75) is 237 Å². The number of ether oxygens (including phenoxy) is 2. The van der Waals surface area contributed by atoms with Crippen LogP contribution in [0.2, 0.25) is 0 Å². The second kappa shape index (κ2) is 32.6. The van der Waals surface area contributed by atoms with Crippen molar-refractivity contribution in [2.75, 3.05) is 6.61 Å². The molecule has 13 heteroatoms. The Hall–Kier alpha value is -2.32. The molecule has 1 rings (SSSR count). The van der Waals surface area contributed by atoms with Crippen molar-refractivity contribution in [3.8, 4) is 0 Å². The molecule has 56 heavy (non-hydrogen) atoms. The normalized spacial score (nSPS) is 19.8. The summed E-state index contributed by atoms with van der Waals surface area (Å²) in [6, 6.07) is -3.21. The van der Waals surface area contributed by atoms with Gasteiger partial charge in [0, 0.05) is 5.92 Å². The van der Waals surface area contributed by atoms with E-state index in [1.165, 1.54) is 110 Å². The van der Waals surface area contributed by atoms with Gasteiger partial charge in [0.2, 0.25) is 11.8 Å². The lowest BCUT2D eigenvalue weighted by molar-refractivity contribution is -0.181. The number of aliphatic hydroxyl groups is 3. The number of unbranched alkanes of at least 4 members (excludes halogenated alkanes) is 22. The zero-order valence-corrected chi connectivity index (χ0v) is 35.1. The highest BCUT2D eigenvalue weighted by atomic mass is 16.7. The minimum Gasteiger partial charge on any atom is -0.481 e. The van der Waals surface area contributed by atoms with Crippen LogP contribution in [-0.4, -0.2) is 98.7 Å². The monoisotopic (exact) mass is 801 g/mol. The summed E-state index contributed by atoms with van der Waals surface area (Å²) in [5, 5.41) is 54.3. The number of nitrogens with one attached hydrogen (secondary N) is 2. The van der Waals surface area contributed by atoms with E-state index in [0.717, 1.165) is 51.4 Å². The van der Waals surface area contributed by atoms with E-state index in [4.69, 9.17) is 9.47 Å². The van der Waals surface area contributed by atoms with Crippen LogP contribution in [0.3, 0.4) is 0 Å². The molecule has 1 heterocycles. The van der Waals surface area contributed by atoms with E-state index in [-0.39, 0.29) is 5.91 Å². The van der Waals surface area contributed by atoms with Gasteiger partial charge in [-0.2, -0.15) is 0 Å². The molecule has 328 valence electrons.